The summed E-state index contributed by atoms with van der Waals surface area (Å²) in [4.78, 5) is 5.70. The van der Waals surface area contributed by atoms with E-state index in [2.05, 4.69) is 40.1 Å². The first-order chi connectivity index (χ1) is 9.51. The zero-order valence-corrected chi connectivity index (χ0v) is 14.2. The Morgan fingerprint density at radius 1 is 1.35 bits per heavy atom. The van der Waals surface area contributed by atoms with E-state index in [0.29, 0.717) is 5.56 Å². The zero-order chi connectivity index (χ0) is 14.7. The van der Waals surface area contributed by atoms with Crippen LogP contribution in [-0.2, 0) is 6.42 Å². The average Bonchev–Trinajstić information content (AvgIpc) is 2.90. The normalized spacial score (nSPS) is 14.2. The zero-order valence-electron chi connectivity index (χ0n) is 11.8. The van der Waals surface area contributed by atoms with Crippen molar-refractivity contribution in [2.75, 3.05) is 0 Å². The molecule has 0 amide bonds. The molecule has 2 nitrogen and oxygen atoms in total. The number of aromatic nitrogens is 1. The van der Waals surface area contributed by atoms with Crippen LogP contribution < -0.4 is 5.32 Å². The van der Waals surface area contributed by atoms with Crippen molar-refractivity contribution in [2.45, 2.75) is 39.3 Å². The Morgan fingerprint density at radius 2 is 2.10 bits per heavy atom. The molecule has 1 aromatic carbocycles. The molecule has 1 aromatic heterocycles. The monoisotopic (exact) mass is 356 g/mol. The third-order valence-corrected chi connectivity index (χ3v) is 5.03. The van der Waals surface area contributed by atoms with E-state index in [1.54, 1.807) is 17.4 Å². The fourth-order valence-electron chi connectivity index (χ4n) is 2.07. The van der Waals surface area contributed by atoms with Gasteiger partial charge < -0.3 is 5.32 Å². The van der Waals surface area contributed by atoms with Crippen molar-refractivity contribution < 1.29 is 4.39 Å². The maximum atomic E-state index is 13.9. The van der Waals surface area contributed by atoms with Gasteiger partial charge in [-0.15, -0.1) is 11.3 Å². The van der Waals surface area contributed by atoms with Gasteiger partial charge in [-0.3, -0.25) is 0 Å². The van der Waals surface area contributed by atoms with Crippen LogP contribution in [0.4, 0.5) is 4.39 Å². The average molecular weight is 357 g/mol. The van der Waals surface area contributed by atoms with Crippen molar-refractivity contribution in [3.63, 3.8) is 0 Å². The van der Waals surface area contributed by atoms with Crippen LogP contribution in [-0.4, -0.2) is 4.98 Å². The quantitative estimate of drug-likeness (QED) is 0.813. The van der Waals surface area contributed by atoms with E-state index in [1.165, 1.54) is 10.9 Å². The summed E-state index contributed by atoms with van der Waals surface area (Å²) in [6, 6.07) is 5.05. The molecule has 0 aliphatic heterocycles. The lowest BCUT2D eigenvalue weighted by Gasteiger charge is -2.19. The van der Waals surface area contributed by atoms with Gasteiger partial charge in [0.25, 0.3) is 0 Å². The third kappa shape index (κ3) is 3.65. The Hall–Kier alpha value is -0.780. The van der Waals surface area contributed by atoms with E-state index in [9.17, 15) is 4.39 Å². The fourth-order valence-corrected chi connectivity index (χ4v) is 3.32. The van der Waals surface area contributed by atoms with Crippen LogP contribution in [0.1, 0.15) is 48.3 Å². The summed E-state index contributed by atoms with van der Waals surface area (Å²) in [5.41, 5.74) is 0.665. The van der Waals surface area contributed by atoms with Crippen molar-refractivity contribution in [2.24, 2.45) is 0 Å². The maximum absolute atomic E-state index is 13.9. The van der Waals surface area contributed by atoms with E-state index >= 15 is 0 Å². The van der Waals surface area contributed by atoms with Crippen LogP contribution in [0.5, 0.6) is 0 Å². The standard InChI is InChI=1S/C15H18BrFN2S/c1-4-12-8-18-15(20-12)10(3)19-9(2)13-7-11(16)5-6-14(13)17/h5-10,19H,4H2,1-3H3. The SMILES string of the molecule is CCc1cnc(C(C)NC(C)c2cc(Br)ccc2F)s1. The number of hydrogen-bond acceptors (Lipinski definition) is 3. The highest BCUT2D eigenvalue weighted by Crippen LogP contribution is 2.26. The van der Waals surface area contributed by atoms with Gasteiger partial charge in [0.1, 0.15) is 10.8 Å². The molecule has 108 valence electrons. The first kappa shape index (κ1) is 15.6. The number of halogens is 2. The van der Waals surface area contributed by atoms with E-state index in [-0.39, 0.29) is 17.9 Å². The lowest BCUT2D eigenvalue weighted by atomic mass is 10.1. The molecular weight excluding hydrogens is 339 g/mol. The van der Waals surface area contributed by atoms with Gasteiger partial charge in [-0.25, -0.2) is 9.37 Å². The number of hydrogen-bond donors (Lipinski definition) is 1. The van der Waals surface area contributed by atoms with Gasteiger partial charge in [0.05, 0.1) is 6.04 Å². The van der Waals surface area contributed by atoms with Crippen LogP contribution in [0.3, 0.4) is 0 Å². The smallest absolute Gasteiger partial charge is 0.128 e. The van der Waals surface area contributed by atoms with Gasteiger partial charge >= 0.3 is 0 Å². The minimum Gasteiger partial charge on any atom is -0.301 e. The summed E-state index contributed by atoms with van der Waals surface area (Å²) in [5, 5.41) is 4.45. The summed E-state index contributed by atoms with van der Waals surface area (Å²) in [6.07, 6.45) is 2.92. The molecule has 0 spiro atoms. The molecule has 0 bridgehead atoms. The predicted octanol–water partition coefficient (Wildman–Crippen LogP) is 5.02. The van der Waals surface area contributed by atoms with Crippen LogP contribution in [0.25, 0.3) is 0 Å². The third-order valence-electron chi connectivity index (χ3n) is 3.21. The van der Waals surface area contributed by atoms with E-state index < -0.39 is 0 Å². The first-order valence-electron chi connectivity index (χ1n) is 6.66. The predicted molar refractivity (Wildman–Crippen MR) is 85.6 cm³/mol. The summed E-state index contributed by atoms with van der Waals surface area (Å²) < 4.78 is 14.7. The minimum atomic E-state index is -0.186. The van der Waals surface area contributed by atoms with Gasteiger partial charge in [0.15, 0.2) is 0 Å². The summed E-state index contributed by atoms with van der Waals surface area (Å²) in [6.45, 7) is 6.15. The van der Waals surface area contributed by atoms with Crippen molar-refractivity contribution >= 4 is 27.3 Å². The number of nitrogens with one attached hydrogen (secondary N) is 1. The molecule has 0 saturated heterocycles. The second kappa shape index (κ2) is 6.78. The number of nitrogens with zero attached hydrogens (tertiary/aromatic N) is 1. The lowest BCUT2D eigenvalue weighted by molar-refractivity contribution is 0.472. The number of aryl methyl sites for hydroxylation is 1. The minimum absolute atomic E-state index is 0.0727. The van der Waals surface area contributed by atoms with Crippen LogP contribution in [0, 0.1) is 5.82 Å². The second-order valence-electron chi connectivity index (χ2n) is 4.79. The lowest BCUT2D eigenvalue weighted by Crippen LogP contribution is -2.23. The van der Waals surface area contributed by atoms with Crippen molar-refractivity contribution in [3.8, 4) is 0 Å². The van der Waals surface area contributed by atoms with Gasteiger partial charge in [0.2, 0.25) is 0 Å². The molecule has 2 atom stereocenters. The van der Waals surface area contributed by atoms with Crippen molar-refractivity contribution in [3.05, 3.63) is 50.1 Å². The van der Waals surface area contributed by atoms with Crippen LogP contribution >= 0.6 is 27.3 Å². The molecule has 0 aliphatic carbocycles. The Morgan fingerprint density at radius 3 is 2.75 bits per heavy atom. The molecular formula is C15H18BrFN2S. The Kier molecular flexibility index (Phi) is 5.29. The van der Waals surface area contributed by atoms with Crippen molar-refractivity contribution in [1.29, 1.82) is 0 Å². The van der Waals surface area contributed by atoms with E-state index in [1.807, 2.05) is 19.2 Å². The van der Waals surface area contributed by atoms with E-state index in [0.717, 1.165) is 15.9 Å². The number of thiazole rings is 1. The Balaban J connectivity index is 2.10. The highest BCUT2D eigenvalue weighted by atomic mass is 79.9. The van der Waals surface area contributed by atoms with Crippen LogP contribution in [0.2, 0.25) is 0 Å². The van der Waals surface area contributed by atoms with Crippen LogP contribution in [0.15, 0.2) is 28.9 Å². The molecule has 0 fully saturated rings. The summed E-state index contributed by atoms with van der Waals surface area (Å²) in [7, 11) is 0. The first-order valence-corrected chi connectivity index (χ1v) is 8.27. The van der Waals surface area contributed by atoms with Gasteiger partial charge in [-0.2, -0.15) is 0 Å². The molecule has 1 heterocycles. The second-order valence-corrected chi connectivity index (χ2v) is 6.86. The molecule has 5 heteroatoms. The fraction of sp³-hybridized carbons (Fsp3) is 0.400. The molecule has 20 heavy (non-hydrogen) atoms. The highest BCUT2D eigenvalue weighted by molar-refractivity contribution is 9.10. The summed E-state index contributed by atoms with van der Waals surface area (Å²) >= 11 is 5.09. The van der Waals surface area contributed by atoms with E-state index in [4.69, 9.17) is 0 Å². The number of rotatable bonds is 5. The number of benzene rings is 1. The summed E-state index contributed by atoms with van der Waals surface area (Å²) in [5.74, 6) is -0.186. The molecule has 2 rings (SSSR count). The van der Waals surface area contributed by atoms with Gasteiger partial charge in [-0.1, -0.05) is 22.9 Å². The van der Waals surface area contributed by atoms with Crippen molar-refractivity contribution in [1.82, 2.24) is 10.3 Å². The molecule has 1 N–H and O–H groups in total. The molecule has 2 unspecified atom stereocenters. The molecule has 2 aromatic rings. The Bertz CT molecular complexity index is 585. The highest BCUT2D eigenvalue weighted by Gasteiger charge is 2.16. The molecule has 0 saturated carbocycles. The Labute approximate surface area is 131 Å². The largest absolute Gasteiger partial charge is 0.301 e. The molecule has 0 aliphatic rings. The van der Waals surface area contributed by atoms with Gasteiger partial charge in [-0.05, 0) is 38.5 Å². The van der Waals surface area contributed by atoms with Gasteiger partial charge in [0, 0.05) is 27.2 Å². The maximum Gasteiger partial charge on any atom is 0.128 e. The topological polar surface area (TPSA) is 24.9 Å². The molecule has 0 radical (unpaired) electrons.